The first kappa shape index (κ1) is 6.31. The van der Waals surface area contributed by atoms with Gasteiger partial charge in [-0.25, -0.2) is 4.39 Å². The van der Waals surface area contributed by atoms with Crippen molar-refractivity contribution < 1.29 is 4.39 Å². The third kappa shape index (κ3) is 0.707. The number of hydrogen-bond donors (Lipinski definition) is 0. The number of halogens is 1. The lowest BCUT2D eigenvalue weighted by Gasteiger charge is -1.78. The van der Waals surface area contributed by atoms with Crippen molar-refractivity contribution in [1.82, 2.24) is 0 Å². The van der Waals surface area contributed by atoms with Crippen LogP contribution in [0.4, 0.5) is 4.39 Å². The molecule has 0 nitrogen and oxygen atoms in total. The van der Waals surface area contributed by atoms with Gasteiger partial charge in [-0.2, -0.15) is 0 Å². The highest BCUT2D eigenvalue weighted by Crippen LogP contribution is 2.32. The highest BCUT2D eigenvalue weighted by molar-refractivity contribution is 7.37. The Balaban J connectivity index is 2.95. The predicted octanol–water partition coefficient (Wildman–Crippen LogP) is 3.41. The Kier molecular flexibility index (Phi) is 1.28. The van der Waals surface area contributed by atoms with Gasteiger partial charge in [0.05, 0.1) is 4.01 Å². The van der Waals surface area contributed by atoms with Gasteiger partial charge in [0, 0.05) is 10.3 Å². The van der Waals surface area contributed by atoms with Crippen LogP contribution in [-0.2, 0) is 0 Å². The van der Waals surface area contributed by atoms with E-state index in [0.29, 0.717) is 0 Å². The fraction of sp³-hybridized carbons (Fsp3) is 0.143. The van der Waals surface area contributed by atoms with Crippen LogP contribution in [0, 0.1) is 12.7 Å². The van der Waals surface area contributed by atoms with E-state index < -0.39 is 0 Å². The maximum absolute atomic E-state index is 13.0. The summed E-state index contributed by atoms with van der Waals surface area (Å²) in [6.45, 7) is 1.81. The summed E-state index contributed by atoms with van der Waals surface area (Å²) in [6.07, 6.45) is 0. The first-order valence-electron chi connectivity index (χ1n) is 2.91. The summed E-state index contributed by atoms with van der Waals surface area (Å²) in [5.74, 6) is -0.0405. The number of hydrogen-bond acceptors (Lipinski definition) is 2. The third-order valence-electron chi connectivity index (χ3n) is 1.42. The summed E-state index contributed by atoms with van der Waals surface area (Å²) in [4.78, 5) is 0.793. The second-order valence-electron chi connectivity index (χ2n) is 2.09. The standard InChI is InChI=1S/C7H5FS2/c1-4-6(8)5-2-3-9-7(5)10-4/h2-3H,1H3. The minimum Gasteiger partial charge on any atom is -0.205 e. The largest absolute Gasteiger partial charge is 0.205 e. The van der Waals surface area contributed by atoms with Crippen LogP contribution in [0.3, 0.4) is 0 Å². The van der Waals surface area contributed by atoms with Gasteiger partial charge < -0.3 is 0 Å². The molecule has 0 radical (unpaired) electrons. The monoisotopic (exact) mass is 172 g/mol. The minimum absolute atomic E-state index is 0.0405. The summed E-state index contributed by atoms with van der Waals surface area (Å²) in [6, 6.07) is 1.83. The van der Waals surface area contributed by atoms with Crippen molar-refractivity contribution >= 4 is 32.1 Å². The lowest BCUT2D eigenvalue weighted by atomic mass is 10.4. The van der Waals surface area contributed by atoms with E-state index in [-0.39, 0.29) is 5.82 Å². The lowest BCUT2D eigenvalue weighted by Crippen LogP contribution is -1.66. The fourth-order valence-corrected chi connectivity index (χ4v) is 3.00. The van der Waals surface area contributed by atoms with E-state index in [4.69, 9.17) is 0 Å². The van der Waals surface area contributed by atoms with Gasteiger partial charge in [-0.15, -0.1) is 22.7 Å². The molecule has 0 fully saturated rings. The molecule has 0 N–H and O–H groups in total. The van der Waals surface area contributed by atoms with Gasteiger partial charge in [-0.1, -0.05) is 0 Å². The Morgan fingerprint density at radius 3 is 3.00 bits per heavy atom. The summed E-state index contributed by atoms with van der Waals surface area (Å²) < 4.78 is 14.1. The van der Waals surface area contributed by atoms with Gasteiger partial charge in [0.25, 0.3) is 0 Å². The van der Waals surface area contributed by atoms with Crippen molar-refractivity contribution in [1.29, 1.82) is 0 Å². The smallest absolute Gasteiger partial charge is 0.145 e. The molecule has 0 bridgehead atoms. The predicted molar refractivity (Wildman–Crippen MR) is 44.4 cm³/mol. The van der Waals surface area contributed by atoms with Gasteiger partial charge in [0.2, 0.25) is 0 Å². The van der Waals surface area contributed by atoms with E-state index in [1.807, 2.05) is 18.4 Å². The normalized spacial score (nSPS) is 11.0. The minimum atomic E-state index is -0.0405. The molecule has 0 unspecified atom stereocenters. The first-order chi connectivity index (χ1) is 4.79. The molecular formula is C7H5FS2. The van der Waals surface area contributed by atoms with Gasteiger partial charge in [0.1, 0.15) is 5.82 Å². The Hall–Kier alpha value is -0.410. The average Bonchev–Trinajstić information content (AvgIpc) is 2.41. The van der Waals surface area contributed by atoms with Crippen molar-refractivity contribution in [2.45, 2.75) is 6.92 Å². The molecule has 2 heterocycles. The van der Waals surface area contributed by atoms with Crippen LogP contribution in [0.5, 0.6) is 0 Å². The zero-order chi connectivity index (χ0) is 7.14. The third-order valence-corrected chi connectivity index (χ3v) is 3.56. The van der Waals surface area contributed by atoms with Gasteiger partial charge in [0.15, 0.2) is 0 Å². The summed E-state index contributed by atoms with van der Waals surface area (Å²) in [7, 11) is 0. The summed E-state index contributed by atoms with van der Waals surface area (Å²) in [5.41, 5.74) is 0. The van der Waals surface area contributed by atoms with E-state index in [1.165, 1.54) is 11.3 Å². The maximum Gasteiger partial charge on any atom is 0.145 e. The quantitative estimate of drug-likeness (QED) is 0.571. The molecule has 0 saturated carbocycles. The second kappa shape index (κ2) is 2.04. The van der Waals surface area contributed by atoms with Crippen LogP contribution in [0.1, 0.15) is 4.88 Å². The van der Waals surface area contributed by atoms with E-state index in [1.54, 1.807) is 11.3 Å². The van der Waals surface area contributed by atoms with Crippen LogP contribution in [0.15, 0.2) is 11.4 Å². The van der Waals surface area contributed by atoms with Gasteiger partial charge >= 0.3 is 0 Å². The molecule has 0 atom stereocenters. The van der Waals surface area contributed by atoms with Crippen LogP contribution in [-0.4, -0.2) is 0 Å². The van der Waals surface area contributed by atoms with E-state index >= 15 is 0 Å². The Morgan fingerprint density at radius 1 is 1.50 bits per heavy atom. The number of fused-ring (bicyclic) bond motifs is 1. The number of rotatable bonds is 0. The molecule has 0 aromatic carbocycles. The van der Waals surface area contributed by atoms with Gasteiger partial charge in [-0.3, -0.25) is 0 Å². The molecule has 52 valence electrons. The summed E-state index contributed by atoms with van der Waals surface area (Å²) in [5, 5.41) is 2.71. The zero-order valence-electron chi connectivity index (χ0n) is 5.35. The molecule has 2 aromatic heterocycles. The SMILES string of the molecule is Cc1sc2sccc2c1F. The Bertz CT molecular complexity index is 358. The molecule has 2 rings (SSSR count). The molecule has 0 aliphatic carbocycles. The number of thiophene rings is 2. The average molecular weight is 172 g/mol. The fourth-order valence-electron chi connectivity index (χ4n) is 0.911. The molecule has 3 heteroatoms. The lowest BCUT2D eigenvalue weighted by molar-refractivity contribution is 0.636. The van der Waals surface area contributed by atoms with Crippen molar-refractivity contribution in [3.05, 3.63) is 22.1 Å². The van der Waals surface area contributed by atoms with Gasteiger partial charge in [-0.05, 0) is 18.4 Å². The van der Waals surface area contributed by atoms with E-state index in [9.17, 15) is 4.39 Å². The van der Waals surface area contributed by atoms with Crippen LogP contribution in [0.2, 0.25) is 0 Å². The zero-order valence-corrected chi connectivity index (χ0v) is 6.98. The molecule has 0 amide bonds. The van der Waals surface area contributed by atoms with Crippen molar-refractivity contribution in [3.63, 3.8) is 0 Å². The van der Waals surface area contributed by atoms with E-state index in [0.717, 1.165) is 14.3 Å². The number of aryl methyl sites for hydroxylation is 1. The molecule has 0 aliphatic rings. The van der Waals surface area contributed by atoms with Crippen LogP contribution < -0.4 is 0 Å². The summed E-state index contributed by atoms with van der Waals surface area (Å²) >= 11 is 3.13. The first-order valence-corrected chi connectivity index (χ1v) is 4.61. The van der Waals surface area contributed by atoms with Crippen molar-refractivity contribution in [3.8, 4) is 0 Å². The van der Waals surface area contributed by atoms with Crippen LogP contribution >= 0.6 is 22.7 Å². The second-order valence-corrected chi connectivity index (χ2v) is 4.49. The molecule has 2 aromatic rings. The van der Waals surface area contributed by atoms with Crippen molar-refractivity contribution in [2.75, 3.05) is 0 Å². The highest BCUT2D eigenvalue weighted by atomic mass is 32.2. The molecular weight excluding hydrogens is 167 g/mol. The molecule has 0 saturated heterocycles. The highest BCUT2D eigenvalue weighted by Gasteiger charge is 2.07. The molecule has 10 heavy (non-hydrogen) atoms. The Labute approximate surface area is 65.9 Å². The topological polar surface area (TPSA) is 0 Å². The molecule has 0 aliphatic heterocycles. The van der Waals surface area contributed by atoms with Crippen molar-refractivity contribution in [2.24, 2.45) is 0 Å². The van der Waals surface area contributed by atoms with Crippen LogP contribution in [0.25, 0.3) is 9.40 Å². The van der Waals surface area contributed by atoms with E-state index in [2.05, 4.69) is 0 Å². The maximum atomic E-state index is 13.0. The Morgan fingerprint density at radius 2 is 2.30 bits per heavy atom. The molecule has 0 spiro atoms.